The van der Waals surface area contributed by atoms with Gasteiger partial charge < -0.3 is 9.88 Å². The molecule has 0 aliphatic rings. The predicted molar refractivity (Wildman–Crippen MR) is 84.5 cm³/mol. The van der Waals surface area contributed by atoms with Gasteiger partial charge in [0.1, 0.15) is 0 Å². The molecule has 4 heteroatoms. The second kappa shape index (κ2) is 6.62. The number of rotatable bonds is 5. The maximum Gasteiger partial charge on any atom is 0.250 e. The Balaban J connectivity index is 2.08. The lowest BCUT2D eigenvalue weighted by Gasteiger charge is -2.10. The zero-order valence-electron chi connectivity index (χ0n) is 11.8. The minimum atomic E-state index is 0.0378. The van der Waals surface area contributed by atoms with Crippen LogP contribution in [0.1, 0.15) is 24.5 Å². The number of anilines is 1. The third kappa shape index (κ3) is 3.64. The predicted octanol–water partition coefficient (Wildman–Crippen LogP) is 3.83. The van der Waals surface area contributed by atoms with Gasteiger partial charge in [0, 0.05) is 30.4 Å². The fraction of sp³-hybridized carbons (Fsp3) is 0.312. The van der Waals surface area contributed by atoms with E-state index in [2.05, 4.69) is 18.3 Å². The molecular formula is C16H19ClN2O. The van der Waals surface area contributed by atoms with Crippen molar-refractivity contribution in [2.75, 3.05) is 5.32 Å². The SMILES string of the molecule is CCCn1cc(NCc2ccc(C)c(Cl)c2)ccc1=O. The molecule has 0 radical (unpaired) electrons. The van der Waals surface area contributed by atoms with E-state index in [1.165, 1.54) is 0 Å². The summed E-state index contributed by atoms with van der Waals surface area (Å²) in [6.45, 7) is 5.47. The highest BCUT2D eigenvalue weighted by Crippen LogP contribution is 2.17. The van der Waals surface area contributed by atoms with E-state index in [1.807, 2.05) is 31.3 Å². The van der Waals surface area contributed by atoms with Crippen molar-refractivity contribution in [2.45, 2.75) is 33.4 Å². The molecule has 0 saturated carbocycles. The summed E-state index contributed by atoms with van der Waals surface area (Å²) in [5.74, 6) is 0. The van der Waals surface area contributed by atoms with Crippen LogP contribution in [0, 0.1) is 6.92 Å². The van der Waals surface area contributed by atoms with Crippen molar-refractivity contribution in [3.05, 3.63) is 63.0 Å². The van der Waals surface area contributed by atoms with Gasteiger partial charge in [-0.05, 0) is 36.6 Å². The van der Waals surface area contributed by atoms with E-state index in [1.54, 1.807) is 10.6 Å². The third-order valence-electron chi connectivity index (χ3n) is 3.18. The summed E-state index contributed by atoms with van der Waals surface area (Å²) in [5, 5.41) is 4.09. The number of hydrogen-bond donors (Lipinski definition) is 1. The molecule has 1 heterocycles. The highest BCUT2D eigenvalue weighted by molar-refractivity contribution is 6.31. The Morgan fingerprint density at radius 1 is 1.25 bits per heavy atom. The average Bonchev–Trinajstić information content (AvgIpc) is 2.43. The number of benzene rings is 1. The Morgan fingerprint density at radius 3 is 2.75 bits per heavy atom. The van der Waals surface area contributed by atoms with Crippen LogP contribution in [0.3, 0.4) is 0 Å². The summed E-state index contributed by atoms with van der Waals surface area (Å²) in [7, 11) is 0. The molecule has 1 aromatic carbocycles. The van der Waals surface area contributed by atoms with Gasteiger partial charge in [0.05, 0.1) is 5.69 Å². The van der Waals surface area contributed by atoms with E-state index in [-0.39, 0.29) is 5.56 Å². The molecule has 0 unspecified atom stereocenters. The minimum Gasteiger partial charge on any atom is -0.380 e. The summed E-state index contributed by atoms with van der Waals surface area (Å²) < 4.78 is 1.73. The molecule has 0 aliphatic heterocycles. The van der Waals surface area contributed by atoms with Gasteiger partial charge in [-0.15, -0.1) is 0 Å². The molecule has 2 rings (SSSR count). The third-order valence-corrected chi connectivity index (χ3v) is 3.59. The van der Waals surface area contributed by atoms with E-state index in [0.29, 0.717) is 6.54 Å². The van der Waals surface area contributed by atoms with Crippen LogP contribution in [0.4, 0.5) is 5.69 Å². The Kier molecular flexibility index (Phi) is 4.85. The van der Waals surface area contributed by atoms with Crippen molar-refractivity contribution in [2.24, 2.45) is 0 Å². The maximum absolute atomic E-state index is 11.6. The van der Waals surface area contributed by atoms with Crippen molar-refractivity contribution >= 4 is 17.3 Å². The molecular weight excluding hydrogens is 272 g/mol. The van der Waals surface area contributed by atoms with Gasteiger partial charge in [0.2, 0.25) is 0 Å². The van der Waals surface area contributed by atoms with Gasteiger partial charge >= 0.3 is 0 Å². The number of nitrogens with one attached hydrogen (secondary N) is 1. The van der Waals surface area contributed by atoms with Crippen LogP contribution < -0.4 is 10.9 Å². The van der Waals surface area contributed by atoms with E-state index < -0.39 is 0 Å². The molecule has 2 aromatic rings. The topological polar surface area (TPSA) is 34.0 Å². The smallest absolute Gasteiger partial charge is 0.250 e. The first-order valence-electron chi connectivity index (χ1n) is 6.79. The standard InChI is InChI=1S/C16H19ClN2O/c1-3-8-19-11-14(6-7-16(19)20)18-10-13-5-4-12(2)15(17)9-13/h4-7,9,11,18H,3,8,10H2,1-2H3. The van der Waals surface area contributed by atoms with Crippen LogP contribution in [0.15, 0.2) is 41.3 Å². The summed E-state index contributed by atoms with van der Waals surface area (Å²) in [6.07, 6.45) is 2.80. The number of nitrogens with zero attached hydrogens (tertiary/aromatic N) is 1. The number of aryl methyl sites for hydroxylation is 2. The number of aromatic nitrogens is 1. The van der Waals surface area contributed by atoms with Crippen LogP contribution in [0.2, 0.25) is 5.02 Å². The average molecular weight is 291 g/mol. The Bertz CT molecular complexity index is 649. The molecule has 3 nitrogen and oxygen atoms in total. The van der Waals surface area contributed by atoms with Gasteiger partial charge in [-0.1, -0.05) is 30.7 Å². The zero-order valence-corrected chi connectivity index (χ0v) is 12.6. The lowest BCUT2D eigenvalue weighted by Crippen LogP contribution is -2.18. The van der Waals surface area contributed by atoms with Gasteiger partial charge in [-0.25, -0.2) is 0 Å². The highest BCUT2D eigenvalue weighted by Gasteiger charge is 2.00. The Hall–Kier alpha value is -1.74. The molecule has 0 bridgehead atoms. The van der Waals surface area contributed by atoms with Crippen LogP contribution >= 0.6 is 11.6 Å². The Labute approximate surface area is 124 Å². The van der Waals surface area contributed by atoms with E-state index in [9.17, 15) is 4.79 Å². The first-order chi connectivity index (χ1) is 9.60. The monoisotopic (exact) mass is 290 g/mol. The van der Waals surface area contributed by atoms with Crippen LogP contribution in [-0.4, -0.2) is 4.57 Å². The van der Waals surface area contributed by atoms with Gasteiger partial charge in [0.25, 0.3) is 5.56 Å². The molecule has 0 amide bonds. The molecule has 20 heavy (non-hydrogen) atoms. The lowest BCUT2D eigenvalue weighted by molar-refractivity contribution is 0.655. The summed E-state index contributed by atoms with van der Waals surface area (Å²) >= 11 is 6.11. The second-order valence-electron chi connectivity index (χ2n) is 4.89. The lowest BCUT2D eigenvalue weighted by atomic mass is 10.1. The van der Waals surface area contributed by atoms with E-state index >= 15 is 0 Å². The molecule has 1 N–H and O–H groups in total. The van der Waals surface area contributed by atoms with Gasteiger partial charge in [0.15, 0.2) is 0 Å². The van der Waals surface area contributed by atoms with Crippen molar-refractivity contribution < 1.29 is 0 Å². The van der Waals surface area contributed by atoms with Crippen molar-refractivity contribution in [1.82, 2.24) is 4.57 Å². The fourth-order valence-corrected chi connectivity index (χ4v) is 2.21. The van der Waals surface area contributed by atoms with Crippen molar-refractivity contribution in [3.63, 3.8) is 0 Å². The van der Waals surface area contributed by atoms with E-state index in [0.717, 1.165) is 34.8 Å². The molecule has 0 atom stereocenters. The Morgan fingerprint density at radius 2 is 2.05 bits per heavy atom. The van der Waals surface area contributed by atoms with Gasteiger partial charge in [-0.3, -0.25) is 4.79 Å². The first-order valence-corrected chi connectivity index (χ1v) is 7.17. The first kappa shape index (κ1) is 14.7. The fourth-order valence-electron chi connectivity index (χ4n) is 2.00. The van der Waals surface area contributed by atoms with Crippen molar-refractivity contribution in [3.8, 4) is 0 Å². The highest BCUT2D eigenvalue weighted by atomic mass is 35.5. The maximum atomic E-state index is 11.6. The largest absolute Gasteiger partial charge is 0.380 e. The second-order valence-corrected chi connectivity index (χ2v) is 5.29. The molecule has 0 spiro atoms. The quantitative estimate of drug-likeness (QED) is 0.908. The van der Waals surface area contributed by atoms with Crippen LogP contribution in [0.5, 0.6) is 0 Å². The van der Waals surface area contributed by atoms with Crippen molar-refractivity contribution in [1.29, 1.82) is 0 Å². The number of pyridine rings is 1. The zero-order chi connectivity index (χ0) is 14.5. The molecule has 0 aliphatic carbocycles. The molecule has 106 valence electrons. The summed E-state index contributed by atoms with van der Waals surface area (Å²) in [4.78, 5) is 11.6. The van der Waals surface area contributed by atoms with Crippen LogP contribution in [-0.2, 0) is 13.1 Å². The summed E-state index contributed by atoms with van der Waals surface area (Å²) in [5.41, 5.74) is 3.17. The van der Waals surface area contributed by atoms with E-state index in [4.69, 9.17) is 11.6 Å². The van der Waals surface area contributed by atoms with Crippen LogP contribution in [0.25, 0.3) is 0 Å². The summed E-state index contributed by atoms with van der Waals surface area (Å²) in [6, 6.07) is 9.43. The minimum absolute atomic E-state index is 0.0378. The molecule has 0 fully saturated rings. The normalized spacial score (nSPS) is 10.6. The number of hydrogen-bond acceptors (Lipinski definition) is 2. The van der Waals surface area contributed by atoms with Gasteiger partial charge in [-0.2, -0.15) is 0 Å². The number of halogens is 1. The molecule has 1 aromatic heterocycles. The molecule has 0 saturated heterocycles.